The summed E-state index contributed by atoms with van der Waals surface area (Å²) in [5.74, 6) is -0.110. The average molecular weight is 463 g/mol. The number of hydrogen-bond donors (Lipinski definition) is 3. The summed E-state index contributed by atoms with van der Waals surface area (Å²) in [7, 11) is 0. The summed E-state index contributed by atoms with van der Waals surface area (Å²) in [5.41, 5.74) is 11.9. The van der Waals surface area contributed by atoms with Crippen LogP contribution >= 0.6 is 11.6 Å². The number of halogens is 1. The van der Waals surface area contributed by atoms with Gasteiger partial charge in [-0.15, -0.1) is 0 Å². The SMILES string of the molecule is CC(=O)Nc1cccc(-c2ccc3c(c2)[C@H](Nc2ccc(N)cc2Cl)C[C@H](C)N3C(C)=O)c1. The number of hydrogen-bond acceptors (Lipinski definition) is 4. The summed E-state index contributed by atoms with van der Waals surface area (Å²) in [4.78, 5) is 25.8. The monoisotopic (exact) mass is 462 g/mol. The number of benzene rings is 3. The fraction of sp³-hybridized carbons (Fsp3) is 0.231. The van der Waals surface area contributed by atoms with E-state index in [9.17, 15) is 9.59 Å². The highest BCUT2D eigenvalue weighted by molar-refractivity contribution is 6.33. The van der Waals surface area contributed by atoms with Gasteiger partial charge in [-0.05, 0) is 72.5 Å². The number of anilines is 4. The van der Waals surface area contributed by atoms with E-state index in [0.717, 1.165) is 40.2 Å². The molecule has 4 N–H and O–H groups in total. The number of carbonyl (C=O) groups excluding carboxylic acids is 2. The largest absolute Gasteiger partial charge is 0.399 e. The van der Waals surface area contributed by atoms with E-state index in [1.807, 2.05) is 53.4 Å². The summed E-state index contributed by atoms with van der Waals surface area (Å²) in [5, 5.41) is 6.94. The number of nitrogen functional groups attached to an aromatic ring is 1. The third-order valence-electron chi connectivity index (χ3n) is 5.86. The molecule has 2 amide bonds. The Morgan fingerprint density at radius 2 is 1.79 bits per heavy atom. The molecular weight excluding hydrogens is 436 g/mol. The van der Waals surface area contributed by atoms with E-state index in [1.54, 1.807) is 13.0 Å². The molecule has 3 aromatic carbocycles. The molecule has 0 bridgehead atoms. The van der Waals surface area contributed by atoms with Crippen LogP contribution in [0.15, 0.2) is 60.7 Å². The van der Waals surface area contributed by atoms with Crippen molar-refractivity contribution in [2.45, 2.75) is 39.3 Å². The van der Waals surface area contributed by atoms with Crippen molar-refractivity contribution in [3.63, 3.8) is 0 Å². The van der Waals surface area contributed by atoms with Crippen molar-refractivity contribution >= 4 is 46.2 Å². The van der Waals surface area contributed by atoms with Crippen molar-refractivity contribution in [2.75, 3.05) is 21.3 Å². The number of fused-ring (bicyclic) bond motifs is 1. The first-order valence-corrected chi connectivity index (χ1v) is 11.2. The van der Waals surface area contributed by atoms with Crippen LogP contribution in [0.5, 0.6) is 0 Å². The first-order valence-electron chi connectivity index (χ1n) is 10.9. The molecule has 0 saturated carbocycles. The normalized spacial score (nSPS) is 17.3. The van der Waals surface area contributed by atoms with Crippen LogP contribution in [0.25, 0.3) is 11.1 Å². The van der Waals surface area contributed by atoms with Crippen molar-refractivity contribution in [3.05, 3.63) is 71.2 Å². The van der Waals surface area contributed by atoms with Gasteiger partial charge in [-0.25, -0.2) is 0 Å². The van der Waals surface area contributed by atoms with Gasteiger partial charge in [0.25, 0.3) is 0 Å². The molecule has 0 unspecified atom stereocenters. The third-order valence-corrected chi connectivity index (χ3v) is 6.17. The zero-order chi connectivity index (χ0) is 23.7. The number of nitrogens with zero attached hydrogens (tertiary/aromatic N) is 1. The van der Waals surface area contributed by atoms with Crippen molar-refractivity contribution in [1.82, 2.24) is 0 Å². The Balaban J connectivity index is 1.77. The van der Waals surface area contributed by atoms with E-state index in [0.29, 0.717) is 10.7 Å². The quantitative estimate of drug-likeness (QED) is 0.424. The van der Waals surface area contributed by atoms with Gasteiger partial charge in [-0.3, -0.25) is 9.59 Å². The summed E-state index contributed by atoms with van der Waals surface area (Å²) in [6, 6.07) is 19.2. The molecule has 4 rings (SSSR count). The van der Waals surface area contributed by atoms with Crippen molar-refractivity contribution in [3.8, 4) is 11.1 Å². The predicted molar refractivity (Wildman–Crippen MR) is 136 cm³/mol. The van der Waals surface area contributed by atoms with Gasteiger partial charge in [-0.2, -0.15) is 0 Å². The van der Waals surface area contributed by atoms with E-state index in [-0.39, 0.29) is 23.9 Å². The number of nitrogens with two attached hydrogens (primary N) is 1. The van der Waals surface area contributed by atoms with E-state index >= 15 is 0 Å². The fourth-order valence-corrected chi connectivity index (χ4v) is 4.72. The molecular formula is C26H27ClN4O2. The molecule has 3 aromatic rings. The molecule has 0 saturated heterocycles. The molecule has 6 nitrogen and oxygen atoms in total. The highest BCUT2D eigenvalue weighted by Gasteiger charge is 2.33. The van der Waals surface area contributed by atoms with Crippen molar-refractivity contribution in [2.24, 2.45) is 0 Å². The molecule has 0 aromatic heterocycles. The fourth-order valence-electron chi connectivity index (χ4n) is 4.48. The van der Waals surface area contributed by atoms with Gasteiger partial charge >= 0.3 is 0 Å². The smallest absolute Gasteiger partial charge is 0.224 e. The molecule has 0 radical (unpaired) electrons. The number of carbonyl (C=O) groups is 2. The lowest BCUT2D eigenvalue weighted by Gasteiger charge is -2.40. The molecule has 2 atom stereocenters. The van der Waals surface area contributed by atoms with Crippen LogP contribution in [0, 0.1) is 0 Å². The number of rotatable bonds is 4. The minimum atomic E-state index is -0.117. The summed E-state index contributed by atoms with van der Waals surface area (Å²) in [6.45, 7) is 5.13. The maximum atomic E-state index is 12.5. The van der Waals surface area contributed by atoms with Gasteiger partial charge < -0.3 is 21.3 Å². The Hall–Kier alpha value is -3.51. The topological polar surface area (TPSA) is 87.5 Å². The van der Waals surface area contributed by atoms with Crippen molar-refractivity contribution < 1.29 is 9.59 Å². The maximum absolute atomic E-state index is 12.5. The second-order valence-corrected chi connectivity index (χ2v) is 8.85. The Morgan fingerprint density at radius 1 is 1.03 bits per heavy atom. The molecule has 170 valence electrons. The lowest BCUT2D eigenvalue weighted by Crippen LogP contribution is -2.43. The average Bonchev–Trinajstić information content (AvgIpc) is 2.75. The van der Waals surface area contributed by atoms with Crippen LogP contribution in [0.1, 0.15) is 38.8 Å². The van der Waals surface area contributed by atoms with E-state index in [2.05, 4.69) is 23.6 Å². The third kappa shape index (κ3) is 4.81. The first kappa shape index (κ1) is 22.7. The second kappa shape index (κ2) is 9.16. The molecule has 33 heavy (non-hydrogen) atoms. The molecule has 7 heteroatoms. The maximum Gasteiger partial charge on any atom is 0.224 e. The van der Waals surface area contributed by atoms with Gasteiger partial charge in [0.15, 0.2) is 0 Å². The highest BCUT2D eigenvalue weighted by Crippen LogP contribution is 2.42. The highest BCUT2D eigenvalue weighted by atomic mass is 35.5. The summed E-state index contributed by atoms with van der Waals surface area (Å²) >= 11 is 6.44. The van der Waals surface area contributed by atoms with Crippen molar-refractivity contribution in [1.29, 1.82) is 0 Å². The minimum absolute atomic E-state index is 0.00752. The molecule has 0 spiro atoms. The van der Waals surface area contributed by atoms with Crippen LogP contribution in [-0.2, 0) is 9.59 Å². The minimum Gasteiger partial charge on any atom is -0.399 e. The first-order chi connectivity index (χ1) is 15.7. The molecule has 1 aliphatic rings. The Kier molecular flexibility index (Phi) is 6.29. The second-order valence-electron chi connectivity index (χ2n) is 8.45. The Bertz CT molecular complexity index is 1230. The number of nitrogens with one attached hydrogen (secondary N) is 2. The lowest BCUT2D eigenvalue weighted by molar-refractivity contribution is -0.117. The lowest BCUT2D eigenvalue weighted by atomic mass is 9.88. The van der Waals surface area contributed by atoms with Crippen LogP contribution in [0.2, 0.25) is 5.02 Å². The zero-order valence-electron chi connectivity index (χ0n) is 18.9. The van der Waals surface area contributed by atoms with E-state index in [4.69, 9.17) is 17.3 Å². The van der Waals surface area contributed by atoms with Gasteiger partial charge in [0.05, 0.1) is 16.8 Å². The molecule has 0 aliphatic carbocycles. The van der Waals surface area contributed by atoms with Crippen LogP contribution < -0.4 is 21.3 Å². The van der Waals surface area contributed by atoms with Gasteiger partial charge in [-0.1, -0.05) is 29.8 Å². The van der Waals surface area contributed by atoms with Gasteiger partial charge in [0, 0.05) is 37.0 Å². The molecule has 1 aliphatic heterocycles. The summed E-state index contributed by atoms with van der Waals surface area (Å²) in [6.07, 6.45) is 0.725. The van der Waals surface area contributed by atoms with Crippen LogP contribution in [0.3, 0.4) is 0 Å². The standard InChI is InChI=1S/C26H27ClN4O2/c1-15-11-25(30-24-9-8-20(28)14-23(24)27)22-13-19(7-10-26(22)31(15)17(3)33)18-5-4-6-21(12-18)29-16(2)32/h4-10,12-15,25,30H,11,28H2,1-3H3,(H,29,32)/t15-,25+/m0/s1. The van der Waals surface area contributed by atoms with Crippen LogP contribution in [-0.4, -0.2) is 17.9 Å². The Labute approximate surface area is 198 Å². The van der Waals surface area contributed by atoms with Crippen LogP contribution in [0.4, 0.5) is 22.7 Å². The Morgan fingerprint density at radius 3 is 2.48 bits per heavy atom. The summed E-state index contributed by atoms with van der Waals surface area (Å²) < 4.78 is 0. The predicted octanol–water partition coefficient (Wildman–Crippen LogP) is 5.85. The number of amides is 2. The van der Waals surface area contributed by atoms with E-state index in [1.165, 1.54) is 6.92 Å². The molecule has 1 heterocycles. The molecule has 0 fully saturated rings. The van der Waals surface area contributed by atoms with Gasteiger partial charge in [0.2, 0.25) is 11.8 Å². The zero-order valence-corrected chi connectivity index (χ0v) is 19.6. The van der Waals surface area contributed by atoms with Gasteiger partial charge in [0.1, 0.15) is 0 Å². The van der Waals surface area contributed by atoms with E-state index < -0.39 is 0 Å².